The standard InChI is InChI=1S/C12H17ClN2OS/c13-11-3-1-10(17-11)2-4-12(16)15-7-5-9(14)6-8-15/h1,3,9H,2,4-8,14H2. The number of nitrogens with zero attached hydrogens (tertiary/aromatic N) is 1. The van der Waals surface area contributed by atoms with Gasteiger partial charge in [-0.15, -0.1) is 11.3 Å². The molecule has 0 radical (unpaired) electrons. The quantitative estimate of drug-likeness (QED) is 0.918. The summed E-state index contributed by atoms with van der Waals surface area (Å²) < 4.78 is 0.788. The summed E-state index contributed by atoms with van der Waals surface area (Å²) in [6, 6.07) is 4.15. The molecule has 2 heterocycles. The van der Waals surface area contributed by atoms with Crippen LogP contribution in [0.3, 0.4) is 0 Å². The Morgan fingerprint density at radius 3 is 2.76 bits per heavy atom. The summed E-state index contributed by atoms with van der Waals surface area (Å²) >= 11 is 7.40. The summed E-state index contributed by atoms with van der Waals surface area (Å²) in [5, 5.41) is 0. The normalized spacial score (nSPS) is 17.4. The van der Waals surface area contributed by atoms with Gasteiger partial charge in [0.15, 0.2) is 0 Å². The van der Waals surface area contributed by atoms with Gasteiger partial charge in [0.05, 0.1) is 4.34 Å². The highest BCUT2D eigenvalue weighted by Crippen LogP contribution is 2.22. The van der Waals surface area contributed by atoms with Crippen molar-refractivity contribution in [3.8, 4) is 0 Å². The lowest BCUT2D eigenvalue weighted by atomic mass is 10.1. The zero-order valence-electron chi connectivity index (χ0n) is 9.69. The number of likely N-dealkylation sites (tertiary alicyclic amines) is 1. The lowest BCUT2D eigenvalue weighted by Gasteiger charge is -2.30. The number of amides is 1. The molecule has 1 amide bonds. The van der Waals surface area contributed by atoms with Crippen LogP contribution in [0.5, 0.6) is 0 Å². The van der Waals surface area contributed by atoms with Crippen molar-refractivity contribution in [2.45, 2.75) is 31.7 Å². The van der Waals surface area contributed by atoms with E-state index in [9.17, 15) is 4.79 Å². The molecule has 0 aromatic carbocycles. The predicted molar refractivity (Wildman–Crippen MR) is 71.4 cm³/mol. The maximum atomic E-state index is 11.9. The van der Waals surface area contributed by atoms with Gasteiger partial charge in [-0.05, 0) is 31.4 Å². The van der Waals surface area contributed by atoms with Gasteiger partial charge in [0.25, 0.3) is 0 Å². The number of hydrogen-bond donors (Lipinski definition) is 1. The van der Waals surface area contributed by atoms with Gasteiger partial charge in [-0.2, -0.15) is 0 Å². The molecular weight excluding hydrogens is 256 g/mol. The minimum absolute atomic E-state index is 0.237. The lowest BCUT2D eigenvalue weighted by Crippen LogP contribution is -2.42. The van der Waals surface area contributed by atoms with Gasteiger partial charge in [0.2, 0.25) is 5.91 Å². The molecule has 1 aromatic heterocycles. The number of carbonyl (C=O) groups is 1. The summed E-state index contributed by atoms with van der Waals surface area (Å²) in [4.78, 5) is 15.0. The summed E-state index contributed by atoms with van der Waals surface area (Å²) in [5.74, 6) is 0.237. The number of hydrogen-bond acceptors (Lipinski definition) is 3. The van der Waals surface area contributed by atoms with Crippen molar-refractivity contribution in [1.82, 2.24) is 4.90 Å². The molecule has 1 fully saturated rings. The largest absolute Gasteiger partial charge is 0.343 e. The first-order valence-electron chi connectivity index (χ1n) is 5.93. The van der Waals surface area contributed by atoms with Crippen LogP contribution >= 0.6 is 22.9 Å². The third-order valence-corrected chi connectivity index (χ3v) is 4.40. The third kappa shape index (κ3) is 3.69. The first-order valence-corrected chi connectivity index (χ1v) is 7.12. The lowest BCUT2D eigenvalue weighted by molar-refractivity contribution is -0.132. The van der Waals surface area contributed by atoms with Crippen LogP contribution in [0.4, 0.5) is 0 Å². The van der Waals surface area contributed by atoms with Crippen molar-refractivity contribution >= 4 is 28.8 Å². The fraction of sp³-hybridized carbons (Fsp3) is 0.583. The van der Waals surface area contributed by atoms with Gasteiger partial charge < -0.3 is 10.6 Å². The molecule has 1 aromatic rings. The van der Waals surface area contributed by atoms with Gasteiger partial charge in [-0.3, -0.25) is 4.79 Å². The number of rotatable bonds is 3. The Labute approximate surface area is 111 Å². The Bertz CT molecular complexity index is 386. The summed E-state index contributed by atoms with van der Waals surface area (Å²) in [5.41, 5.74) is 5.81. The minimum Gasteiger partial charge on any atom is -0.343 e. The smallest absolute Gasteiger partial charge is 0.222 e. The number of aryl methyl sites for hydroxylation is 1. The number of nitrogens with two attached hydrogens (primary N) is 1. The molecule has 0 spiro atoms. The molecule has 0 bridgehead atoms. The van der Waals surface area contributed by atoms with Crippen LogP contribution in [0.2, 0.25) is 4.34 Å². The SMILES string of the molecule is NC1CCN(C(=O)CCc2ccc(Cl)s2)CC1. The fourth-order valence-electron chi connectivity index (χ4n) is 2.02. The molecule has 2 rings (SSSR count). The molecule has 1 aliphatic heterocycles. The van der Waals surface area contributed by atoms with Crippen molar-refractivity contribution in [1.29, 1.82) is 0 Å². The molecule has 94 valence electrons. The number of thiophene rings is 1. The van der Waals surface area contributed by atoms with E-state index in [0.717, 1.165) is 36.7 Å². The maximum Gasteiger partial charge on any atom is 0.222 e. The Balaban J connectivity index is 1.77. The highest BCUT2D eigenvalue weighted by molar-refractivity contribution is 7.16. The summed E-state index contributed by atoms with van der Waals surface area (Å²) in [6.07, 6.45) is 3.22. The zero-order chi connectivity index (χ0) is 12.3. The molecule has 3 nitrogen and oxygen atoms in total. The molecule has 0 atom stereocenters. The van der Waals surface area contributed by atoms with Crippen LogP contribution < -0.4 is 5.73 Å². The number of piperidine rings is 1. The van der Waals surface area contributed by atoms with Crippen molar-refractivity contribution in [3.63, 3.8) is 0 Å². The first kappa shape index (κ1) is 12.9. The maximum absolute atomic E-state index is 11.9. The van der Waals surface area contributed by atoms with E-state index in [1.54, 1.807) is 11.3 Å². The van der Waals surface area contributed by atoms with E-state index in [-0.39, 0.29) is 11.9 Å². The average molecular weight is 273 g/mol. The summed E-state index contributed by atoms with van der Waals surface area (Å²) in [6.45, 7) is 1.62. The van der Waals surface area contributed by atoms with Crippen molar-refractivity contribution in [3.05, 3.63) is 21.3 Å². The van der Waals surface area contributed by atoms with Crippen molar-refractivity contribution in [2.75, 3.05) is 13.1 Å². The summed E-state index contributed by atoms with van der Waals surface area (Å²) in [7, 11) is 0. The van der Waals surface area contributed by atoms with Gasteiger partial charge >= 0.3 is 0 Å². The second kappa shape index (κ2) is 5.85. The van der Waals surface area contributed by atoms with Gasteiger partial charge in [-0.25, -0.2) is 0 Å². The second-order valence-electron chi connectivity index (χ2n) is 4.42. The van der Waals surface area contributed by atoms with E-state index in [1.807, 2.05) is 17.0 Å². The van der Waals surface area contributed by atoms with Crippen LogP contribution in [0.25, 0.3) is 0 Å². The molecule has 0 saturated carbocycles. The van der Waals surface area contributed by atoms with E-state index >= 15 is 0 Å². The topological polar surface area (TPSA) is 46.3 Å². The molecule has 1 saturated heterocycles. The Kier molecular flexibility index (Phi) is 4.42. The monoisotopic (exact) mass is 272 g/mol. The Morgan fingerprint density at radius 1 is 1.47 bits per heavy atom. The van der Waals surface area contributed by atoms with E-state index < -0.39 is 0 Å². The molecule has 2 N–H and O–H groups in total. The van der Waals surface area contributed by atoms with E-state index in [4.69, 9.17) is 17.3 Å². The van der Waals surface area contributed by atoms with E-state index in [2.05, 4.69) is 0 Å². The van der Waals surface area contributed by atoms with Gasteiger partial charge in [-0.1, -0.05) is 11.6 Å². The minimum atomic E-state index is 0.237. The molecule has 1 aliphatic rings. The number of halogens is 1. The first-order chi connectivity index (χ1) is 8.15. The second-order valence-corrected chi connectivity index (χ2v) is 6.22. The van der Waals surface area contributed by atoms with Gasteiger partial charge in [0, 0.05) is 30.4 Å². The van der Waals surface area contributed by atoms with Crippen molar-refractivity contribution < 1.29 is 4.79 Å². The van der Waals surface area contributed by atoms with E-state index in [1.165, 1.54) is 4.88 Å². The Hall–Kier alpha value is -0.580. The molecule has 5 heteroatoms. The molecule has 0 aliphatic carbocycles. The van der Waals surface area contributed by atoms with Crippen LogP contribution in [-0.2, 0) is 11.2 Å². The highest BCUT2D eigenvalue weighted by atomic mass is 35.5. The van der Waals surface area contributed by atoms with Crippen molar-refractivity contribution in [2.24, 2.45) is 5.73 Å². The number of carbonyl (C=O) groups excluding carboxylic acids is 1. The van der Waals surface area contributed by atoms with Crippen LogP contribution in [0.1, 0.15) is 24.1 Å². The molecular formula is C12H17ClN2OS. The highest BCUT2D eigenvalue weighted by Gasteiger charge is 2.20. The van der Waals surface area contributed by atoms with E-state index in [0.29, 0.717) is 6.42 Å². The molecule has 0 unspecified atom stereocenters. The Morgan fingerprint density at radius 2 is 2.18 bits per heavy atom. The fourth-order valence-corrected chi connectivity index (χ4v) is 3.11. The van der Waals surface area contributed by atoms with Crippen LogP contribution in [-0.4, -0.2) is 29.9 Å². The zero-order valence-corrected chi connectivity index (χ0v) is 11.3. The van der Waals surface area contributed by atoms with Gasteiger partial charge in [0.1, 0.15) is 0 Å². The van der Waals surface area contributed by atoms with Crippen LogP contribution in [0, 0.1) is 0 Å². The predicted octanol–water partition coefficient (Wildman–Crippen LogP) is 2.28. The average Bonchev–Trinajstić information content (AvgIpc) is 2.73. The van der Waals surface area contributed by atoms with Crippen LogP contribution in [0.15, 0.2) is 12.1 Å². The third-order valence-electron chi connectivity index (χ3n) is 3.11. The molecule has 17 heavy (non-hydrogen) atoms.